The Morgan fingerprint density at radius 3 is 2.23 bits per heavy atom. The number of nitrogens with zero attached hydrogens (tertiary/aromatic N) is 4. The first-order chi connectivity index (χ1) is 14.7. The highest BCUT2D eigenvalue weighted by atomic mass is 19.4. The van der Waals surface area contributed by atoms with Gasteiger partial charge in [-0.05, 0) is 50.2 Å². The third-order valence-corrected chi connectivity index (χ3v) is 5.43. The molecule has 0 aliphatic carbocycles. The third-order valence-electron chi connectivity index (χ3n) is 5.43. The Morgan fingerprint density at radius 1 is 0.903 bits per heavy atom. The molecule has 1 amide bonds. The van der Waals surface area contributed by atoms with Crippen molar-refractivity contribution in [3.63, 3.8) is 0 Å². The Bertz CT molecular complexity index is 1080. The normalized spacial score (nSPS) is 14.7. The summed E-state index contributed by atoms with van der Waals surface area (Å²) in [7, 11) is 0. The molecule has 31 heavy (non-hydrogen) atoms. The van der Waals surface area contributed by atoms with Crippen LogP contribution in [0.4, 0.5) is 18.9 Å². The van der Waals surface area contributed by atoms with Gasteiger partial charge in [-0.25, -0.2) is 4.68 Å². The molecule has 3 aromatic rings. The monoisotopic (exact) mass is 428 g/mol. The number of aryl methyl sites for hydroxylation is 2. The van der Waals surface area contributed by atoms with E-state index in [1.54, 1.807) is 21.7 Å². The van der Waals surface area contributed by atoms with Gasteiger partial charge in [-0.15, -0.1) is 0 Å². The Labute approximate surface area is 178 Å². The van der Waals surface area contributed by atoms with E-state index >= 15 is 0 Å². The van der Waals surface area contributed by atoms with Crippen molar-refractivity contribution in [3.8, 4) is 5.69 Å². The lowest BCUT2D eigenvalue weighted by molar-refractivity contribution is -0.137. The summed E-state index contributed by atoms with van der Waals surface area (Å²) in [6.07, 6.45) is -4.37. The molecule has 2 aromatic carbocycles. The van der Waals surface area contributed by atoms with Gasteiger partial charge in [0.2, 0.25) is 0 Å². The zero-order chi connectivity index (χ0) is 22.2. The first kappa shape index (κ1) is 21.0. The first-order valence-corrected chi connectivity index (χ1v) is 10.1. The van der Waals surface area contributed by atoms with Gasteiger partial charge in [0, 0.05) is 31.9 Å². The van der Waals surface area contributed by atoms with Gasteiger partial charge in [0.1, 0.15) is 5.69 Å². The van der Waals surface area contributed by atoms with Gasteiger partial charge in [0.05, 0.1) is 16.9 Å². The van der Waals surface area contributed by atoms with Gasteiger partial charge in [-0.3, -0.25) is 4.79 Å². The minimum atomic E-state index is -4.37. The average Bonchev–Trinajstić information content (AvgIpc) is 3.15. The SMILES string of the molecule is Cc1ccc(-n2nc(C)cc2C(=O)N2CCN(c3cccc(C(F)(F)F)c3)CC2)cc1. The standard InChI is InChI=1S/C23H23F3N4O/c1-16-6-8-19(9-7-16)30-21(14-17(2)27-30)22(31)29-12-10-28(11-13-29)20-5-3-4-18(15-20)23(24,25)26/h3-9,14-15H,10-13H2,1-2H3. The van der Waals surface area contributed by atoms with Crippen molar-refractivity contribution in [2.24, 2.45) is 0 Å². The van der Waals surface area contributed by atoms with Crippen LogP contribution in [0.3, 0.4) is 0 Å². The van der Waals surface area contributed by atoms with Crippen molar-refractivity contribution in [3.05, 3.63) is 77.1 Å². The quantitative estimate of drug-likeness (QED) is 0.618. The van der Waals surface area contributed by atoms with Crippen LogP contribution >= 0.6 is 0 Å². The molecule has 1 aromatic heterocycles. The van der Waals surface area contributed by atoms with Crippen LogP contribution in [0.5, 0.6) is 0 Å². The average molecular weight is 428 g/mol. The maximum absolute atomic E-state index is 13.2. The molecule has 1 aliphatic heterocycles. The largest absolute Gasteiger partial charge is 0.416 e. The van der Waals surface area contributed by atoms with Crippen LogP contribution in [0, 0.1) is 13.8 Å². The van der Waals surface area contributed by atoms with Gasteiger partial charge in [0.15, 0.2) is 0 Å². The second-order valence-corrected chi connectivity index (χ2v) is 7.75. The predicted octanol–water partition coefficient (Wildman–Crippen LogP) is 4.47. The fourth-order valence-corrected chi connectivity index (χ4v) is 3.74. The number of benzene rings is 2. The second-order valence-electron chi connectivity index (χ2n) is 7.75. The number of amides is 1. The molecule has 0 saturated carbocycles. The van der Waals surface area contributed by atoms with E-state index in [2.05, 4.69) is 5.10 Å². The van der Waals surface area contributed by atoms with Crippen molar-refractivity contribution in [2.75, 3.05) is 31.1 Å². The van der Waals surface area contributed by atoms with Crippen LogP contribution in [-0.4, -0.2) is 46.8 Å². The summed E-state index contributed by atoms with van der Waals surface area (Å²) >= 11 is 0. The number of piperazine rings is 1. The minimum Gasteiger partial charge on any atom is -0.368 e. The Morgan fingerprint density at radius 2 is 1.58 bits per heavy atom. The smallest absolute Gasteiger partial charge is 0.368 e. The fraction of sp³-hybridized carbons (Fsp3) is 0.304. The third kappa shape index (κ3) is 4.42. The summed E-state index contributed by atoms with van der Waals surface area (Å²) in [5, 5.41) is 4.47. The Balaban J connectivity index is 1.49. The number of carbonyl (C=O) groups is 1. The van der Waals surface area contributed by atoms with E-state index < -0.39 is 11.7 Å². The van der Waals surface area contributed by atoms with E-state index in [1.165, 1.54) is 6.07 Å². The highest BCUT2D eigenvalue weighted by Gasteiger charge is 2.31. The lowest BCUT2D eigenvalue weighted by Gasteiger charge is -2.36. The molecular weight excluding hydrogens is 405 g/mol. The number of halogens is 3. The van der Waals surface area contributed by atoms with E-state index in [0.717, 1.165) is 29.1 Å². The van der Waals surface area contributed by atoms with Crippen molar-refractivity contribution < 1.29 is 18.0 Å². The topological polar surface area (TPSA) is 41.4 Å². The second kappa shape index (κ2) is 8.09. The Hall–Kier alpha value is -3.29. The number of hydrogen-bond acceptors (Lipinski definition) is 3. The molecule has 1 saturated heterocycles. The van der Waals surface area contributed by atoms with Crippen molar-refractivity contribution in [1.29, 1.82) is 0 Å². The van der Waals surface area contributed by atoms with Crippen molar-refractivity contribution in [1.82, 2.24) is 14.7 Å². The summed E-state index contributed by atoms with van der Waals surface area (Å²) in [6.45, 7) is 5.61. The lowest BCUT2D eigenvalue weighted by atomic mass is 10.1. The fourth-order valence-electron chi connectivity index (χ4n) is 3.74. The van der Waals surface area contributed by atoms with Gasteiger partial charge >= 0.3 is 6.18 Å². The predicted molar refractivity (Wildman–Crippen MR) is 113 cm³/mol. The molecule has 0 N–H and O–H groups in total. The highest BCUT2D eigenvalue weighted by Crippen LogP contribution is 2.32. The van der Waals surface area contributed by atoms with Gasteiger partial charge in [-0.1, -0.05) is 23.8 Å². The van der Waals surface area contributed by atoms with Gasteiger partial charge in [0.25, 0.3) is 5.91 Å². The number of rotatable bonds is 3. The number of carbonyl (C=O) groups excluding carboxylic acids is 1. The minimum absolute atomic E-state index is 0.134. The molecule has 4 rings (SSSR count). The number of hydrogen-bond donors (Lipinski definition) is 0. The van der Waals surface area contributed by atoms with Crippen LogP contribution in [0.25, 0.3) is 5.69 Å². The molecular formula is C23H23F3N4O. The van der Waals surface area contributed by atoms with E-state index in [4.69, 9.17) is 0 Å². The van der Waals surface area contributed by atoms with E-state index in [1.807, 2.05) is 43.0 Å². The molecule has 2 heterocycles. The molecule has 0 radical (unpaired) electrons. The molecule has 162 valence electrons. The van der Waals surface area contributed by atoms with E-state index in [9.17, 15) is 18.0 Å². The Kier molecular flexibility index (Phi) is 5.47. The van der Waals surface area contributed by atoms with Crippen molar-refractivity contribution in [2.45, 2.75) is 20.0 Å². The number of alkyl halides is 3. The van der Waals surface area contributed by atoms with Crippen LogP contribution in [0.15, 0.2) is 54.6 Å². The maximum atomic E-state index is 13.2. The van der Waals surface area contributed by atoms with Gasteiger partial charge in [-0.2, -0.15) is 18.3 Å². The molecule has 1 fully saturated rings. The van der Waals surface area contributed by atoms with Crippen LogP contribution in [0.1, 0.15) is 27.3 Å². The van der Waals surface area contributed by atoms with Crippen LogP contribution < -0.4 is 4.90 Å². The molecule has 5 nitrogen and oxygen atoms in total. The summed E-state index contributed by atoms with van der Waals surface area (Å²) in [5.41, 5.74) is 3.00. The summed E-state index contributed by atoms with van der Waals surface area (Å²) in [4.78, 5) is 16.8. The van der Waals surface area contributed by atoms with Gasteiger partial charge < -0.3 is 9.80 Å². The molecule has 8 heteroatoms. The zero-order valence-electron chi connectivity index (χ0n) is 17.4. The van der Waals surface area contributed by atoms with E-state index in [0.29, 0.717) is 37.6 Å². The first-order valence-electron chi connectivity index (χ1n) is 10.1. The number of anilines is 1. The molecule has 1 aliphatic rings. The highest BCUT2D eigenvalue weighted by molar-refractivity contribution is 5.93. The number of aromatic nitrogens is 2. The summed E-state index contributed by atoms with van der Waals surface area (Å²) in [5.74, 6) is -0.134. The zero-order valence-corrected chi connectivity index (χ0v) is 17.4. The van der Waals surface area contributed by atoms with Crippen molar-refractivity contribution >= 4 is 11.6 Å². The summed E-state index contributed by atoms with van der Waals surface area (Å²) < 4.78 is 40.7. The molecule has 0 bridgehead atoms. The molecule has 0 spiro atoms. The summed E-state index contributed by atoms with van der Waals surface area (Å²) in [6, 6.07) is 14.9. The maximum Gasteiger partial charge on any atom is 0.416 e. The van der Waals surface area contributed by atoms with E-state index in [-0.39, 0.29) is 5.91 Å². The van der Waals surface area contributed by atoms with Crippen LogP contribution in [0.2, 0.25) is 0 Å². The lowest BCUT2D eigenvalue weighted by Crippen LogP contribution is -2.49. The van der Waals surface area contributed by atoms with Crippen LogP contribution in [-0.2, 0) is 6.18 Å². The molecule has 0 atom stereocenters. The molecule has 0 unspecified atom stereocenters.